The molecule has 1 amide bonds. The largest absolute Gasteiger partial charge is 0.492 e. The van der Waals surface area contributed by atoms with Crippen LogP contribution < -0.4 is 15.8 Å². The molecule has 6 nitrogen and oxygen atoms in total. The van der Waals surface area contributed by atoms with E-state index < -0.39 is 0 Å². The molecule has 0 radical (unpaired) electrons. The highest BCUT2D eigenvalue weighted by atomic mass is 35.5. The molecule has 7 heteroatoms. The van der Waals surface area contributed by atoms with Gasteiger partial charge in [-0.3, -0.25) is 9.48 Å². The summed E-state index contributed by atoms with van der Waals surface area (Å²) in [5.41, 5.74) is 8.85. The smallest absolute Gasteiger partial charge is 0.228 e. The number of nitrogens with two attached hydrogens (primary N) is 1. The van der Waals surface area contributed by atoms with Gasteiger partial charge in [-0.2, -0.15) is 5.10 Å². The van der Waals surface area contributed by atoms with Crippen molar-refractivity contribution in [3.05, 3.63) is 65.3 Å². The molecule has 0 saturated carbocycles. The molecule has 1 aromatic heterocycles. The number of carbonyl (C=O) groups is 1. The van der Waals surface area contributed by atoms with Crippen molar-refractivity contribution in [3.8, 4) is 17.0 Å². The van der Waals surface area contributed by atoms with E-state index in [0.29, 0.717) is 29.6 Å². The van der Waals surface area contributed by atoms with Gasteiger partial charge in [0.15, 0.2) is 0 Å². The molecule has 140 valence electrons. The topological polar surface area (TPSA) is 82.2 Å². The summed E-state index contributed by atoms with van der Waals surface area (Å²) in [5.74, 6) is 0.587. The maximum atomic E-state index is 12.4. The average Bonchev–Trinajstić information content (AvgIpc) is 3.08. The molecule has 0 unspecified atom stereocenters. The van der Waals surface area contributed by atoms with E-state index in [9.17, 15) is 4.79 Å². The number of ether oxygens (including phenoxy) is 1. The Morgan fingerprint density at radius 2 is 2.00 bits per heavy atom. The van der Waals surface area contributed by atoms with Crippen LogP contribution in [0.3, 0.4) is 0 Å². The Labute approximate surface area is 162 Å². The number of hydrogen-bond acceptors (Lipinski definition) is 4. The van der Waals surface area contributed by atoms with Crippen molar-refractivity contribution in [3.63, 3.8) is 0 Å². The molecule has 3 rings (SSSR count). The Morgan fingerprint density at radius 1 is 1.22 bits per heavy atom. The standard InChI is InChI=1S/C20H21ClN4O2/c1-25-18(8-10-23-25)17-13-16(6-7-19(17)27-11-9-22)24-20(26)12-14-2-4-15(21)5-3-14/h2-8,10,13H,9,11-12,22H2,1H3,(H,24,26). The van der Waals surface area contributed by atoms with Gasteiger partial charge in [-0.1, -0.05) is 23.7 Å². The van der Waals surface area contributed by atoms with E-state index in [-0.39, 0.29) is 12.3 Å². The SMILES string of the molecule is Cn1nccc1-c1cc(NC(=O)Cc2ccc(Cl)cc2)ccc1OCCN. The highest BCUT2D eigenvalue weighted by Gasteiger charge is 2.13. The summed E-state index contributed by atoms with van der Waals surface area (Å²) in [6.07, 6.45) is 1.98. The fourth-order valence-electron chi connectivity index (χ4n) is 2.73. The fourth-order valence-corrected chi connectivity index (χ4v) is 2.86. The van der Waals surface area contributed by atoms with Gasteiger partial charge in [0, 0.05) is 36.1 Å². The number of rotatable bonds is 7. The molecule has 27 heavy (non-hydrogen) atoms. The van der Waals surface area contributed by atoms with Crippen molar-refractivity contribution in [1.82, 2.24) is 9.78 Å². The quantitative estimate of drug-likeness (QED) is 0.655. The van der Waals surface area contributed by atoms with Crippen molar-refractivity contribution in [1.29, 1.82) is 0 Å². The van der Waals surface area contributed by atoms with Crippen LogP contribution in [0.2, 0.25) is 5.02 Å². The molecule has 0 aliphatic rings. The minimum atomic E-state index is -0.107. The molecule has 0 aliphatic heterocycles. The third-order valence-electron chi connectivity index (χ3n) is 4.01. The number of aromatic nitrogens is 2. The van der Waals surface area contributed by atoms with Gasteiger partial charge in [0.1, 0.15) is 12.4 Å². The molecule has 0 aliphatic carbocycles. The van der Waals surface area contributed by atoms with Crippen molar-refractivity contribution >= 4 is 23.2 Å². The first-order valence-electron chi connectivity index (χ1n) is 8.56. The van der Waals surface area contributed by atoms with Crippen molar-refractivity contribution < 1.29 is 9.53 Å². The van der Waals surface area contributed by atoms with E-state index in [1.54, 1.807) is 23.0 Å². The second kappa shape index (κ2) is 8.70. The van der Waals surface area contributed by atoms with Crippen LogP contribution in [-0.2, 0) is 18.3 Å². The maximum Gasteiger partial charge on any atom is 0.228 e. The van der Waals surface area contributed by atoms with Gasteiger partial charge in [-0.05, 0) is 42.0 Å². The predicted octanol–water partition coefficient (Wildman–Crippen LogP) is 3.26. The molecule has 0 saturated heterocycles. The molecule has 0 atom stereocenters. The minimum Gasteiger partial charge on any atom is -0.492 e. The second-order valence-corrected chi connectivity index (χ2v) is 6.48. The molecular weight excluding hydrogens is 364 g/mol. The van der Waals surface area contributed by atoms with Crippen LogP contribution in [0.4, 0.5) is 5.69 Å². The summed E-state index contributed by atoms with van der Waals surface area (Å²) in [4.78, 5) is 12.4. The Hall–Kier alpha value is -2.83. The molecule has 0 bridgehead atoms. The first-order chi connectivity index (χ1) is 13.1. The number of nitrogens with zero attached hydrogens (tertiary/aromatic N) is 2. The van der Waals surface area contributed by atoms with Crippen LogP contribution >= 0.6 is 11.6 Å². The first kappa shape index (κ1) is 18.9. The third-order valence-corrected chi connectivity index (χ3v) is 4.27. The Bertz CT molecular complexity index is 922. The summed E-state index contributed by atoms with van der Waals surface area (Å²) in [6.45, 7) is 0.831. The number of nitrogens with one attached hydrogen (secondary N) is 1. The molecule has 3 N–H and O–H groups in total. The summed E-state index contributed by atoms with van der Waals surface area (Å²) in [7, 11) is 1.85. The van der Waals surface area contributed by atoms with E-state index >= 15 is 0 Å². The fraction of sp³-hybridized carbons (Fsp3) is 0.200. The lowest BCUT2D eigenvalue weighted by Gasteiger charge is -2.14. The van der Waals surface area contributed by atoms with E-state index in [0.717, 1.165) is 16.8 Å². The lowest BCUT2D eigenvalue weighted by molar-refractivity contribution is -0.115. The monoisotopic (exact) mass is 384 g/mol. The predicted molar refractivity (Wildman–Crippen MR) is 107 cm³/mol. The minimum absolute atomic E-state index is 0.107. The normalized spacial score (nSPS) is 10.6. The summed E-state index contributed by atoms with van der Waals surface area (Å²) >= 11 is 5.88. The van der Waals surface area contributed by atoms with Crippen molar-refractivity contribution in [2.24, 2.45) is 12.8 Å². The zero-order valence-electron chi connectivity index (χ0n) is 15.0. The van der Waals surface area contributed by atoms with Gasteiger partial charge in [-0.25, -0.2) is 0 Å². The van der Waals surface area contributed by atoms with Gasteiger partial charge in [0.25, 0.3) is 0 Å². The van der Waals surface area contributed by atoms with E-state index in [1.165, 1.54) is 0 Å². The van der Waals surface area contributed by atoms with Crippen LogP contribution in [0.25, 0.3) is 11.3 Å². The Morgan fingerprint density at radius 3 is 2.67 bits per heavy atom. The van der Waals surface area contributed by atoms with E-state index in [1.807, 2.05) is 43.4 Å². The van der Waals surface area contributed by atoms with E-state index in [4.69, 9.17) is 22.1 Å². The highest BCUT2D eigenvalue weighted by Crippen LogP contribution is 2.32. The number of halogens is 1. The van der Waals surface area contributed by atoms with Gasteiger partial charge < -0.3 is 15.8 Å². The molecular formula is C20H21ClN4O2. The van der Waals surface area contributed by atoms with Crippen LogP contribution in [0.15, 0.2) is 54.7 Å². The summed E-state index contributed by atoms with van der Waals surface area (Å²) in [5, 5.41) is 7.78. The summed E-state index contributed by atoms with van der Waals surface area (Å²) < 4.78 is 7.49. The van der Waals surface area contributed by atoms with E-state index in [2.05, 4.69) is 10.4 Å². The zero-order chi connectivity index (χ0) is 19.2. The lowest BCUT2D eigenvalue weighted by Crippen LogP contribution is -2.15. The number of amides is 1. The summed E-state index contributed by atoms with van der Waals surface area (Å²) in [6, 6.07) is 14.6. The molecule has 3 aromatic rings. The molecule has 0 spiro atoms. The zero-order valence-corrected chi connectivity index (χ0v) is 15.7. The van der Waals surface area contributed by atoms with Gasteiger partial charge in [-0.15, -0.1) is 0 Å². The molecule has 2 aromatic carbocycles. The van der Waals surface area contributed by atoms with Crippen molar-refractivity contribution in [2.45, 2.75) is 6.42 Å². The first-order valence-corrected chi connectivity index (χ1v) is 8.94. The number of aryl methyl sites for hydroxylation is 1. The van der Waals surface area contributed by atoms with Gasteiger partial charge in [0.05, 0.1) is 12.1 Å². The van der Waals surface area contributed by atoms with Crippen LogP contribution in [0, 0.1) is 0 Å². The third kappa shape index (κ3) is 4.87. The average molecular weight is 385 g/mol. The molecule has 0 fully saturated rings. The number of hydrogen-bond donors (Lipinski definition) is 2. The molecule has 1 heterocycles. The lowest BCUT2D eigenvalue weighted by atomic mass is 10.1. The maximum absolute atomic E-state index is 12.4. The Kier molecular flexibility index (Phi) is 6.11. The van der Waals surface area contributed by atoms with Crippen LogP contribution in [0.5, 0.6) is 5.75 Å². The van der Waals surface area contributed by atoms with Crippen molar-refractivity contribution in [2.75, 3.05) is 18.5 Å². The second-order valence-electron chi connectivity index (χ2n) is 6.04. The van der Waals surface area contributed by atoms with Crippen LogP contribution in [0.1, 0.15) is 5.56 Å². The number of benzene rings is 2. The number of anilines is 1. The Balaban J connectivity index is 1.80. The van der Waals surface area contributed by atoms with Gasteiger partial charge >= 0.3 is 0 Å². The number of carbonyl (C=O) groups excluding carboxylic acids is 1. The van der Waals surface area contributed by atoms with Crippen LogP contribution in [-0.4, -0.2) is 28.8 Å². The van der Waals surface area contributed by atoms with Gasteiger partial charge in [0.2, 0.25) is 5.91 Å². The highest BCUT2D eigenvalue weighted by molar-refractivity contribution is 6.30.